The van der Waals surface area contributed by atoms with Crippen molar-refractivity contribution in [2.24, 2.45) is 5.92 Å². The largest absolute Gasteiger partial charge is 0.353 e. The molecule has 1 fully saturated rings. The standard InChI is InChI=1S/C14H24N4S/c1-11(2)6-15-7-13-8-17-14(9-16-13)18-4-5-19-12(3)10-18/h8-9,11-12,15H,4-7,10H2,1-3H3. The Bertz CT molecular complexity index is 380. The van der Waals surface area contributed by atoms with Crippen LogP contribution < -0.4 is 10.2 Å². The van der Waals surface area contributed by atoms with Gasteiger partial charge < -0.3 is 10.2 Å². The van der Waals surface area contributed by atoms with Crippen LogP contribution in [0.1, 0.15) is 26.5 Å². The molecule has 0 aliphatic carbocycles. The van der Waals surface area contributed by atoms with Gasteiger partial charge in [-0.2, -0.15) is 11.8 Å². The first-order chi connectivity index (χ1) is 9.15. The van der Waals surface area contributed by atoms with Crippen LogP contribution >= 0.6 is 11.8 Å². The summed E-state index contributed by atoms with van der Waals surface area (Å²) in [6.45, 7) is 10.7. The van der Waals surface area contributed by atoms with Gasteiger partial charge in [0, 0.05) is 30.6 Å². The van der Waals surface area contributed by atoms with Crippen molar-refractivity contribution in [2.45, 2.75) is 32.6 Å². The van der Waals surface area contributed by atoms with E-state index in [9.17, 15) is 0 Å². The first-order valence-corrected chi connectivity index (χ1v) is 8.08. The lowest BCUT2D eigenvalue weighted by Crippen LogP contribution is -2.37. The van der Waals surface area contributed by atoms with Crippen molar-refractivity contribution in [3.8, 4) is 0 Å². The molecule has 1 unspecified atom stereocenters. The van der Waals surface area contributed by atoms with E-state index < -0.39 is 0 Å². The van der Waals surface area contributed by atoms with Crippen LogP contribution in [0.25, 0.3) is 0 Å². The van der Waals surface area contributed by atoms with Crippen LogP contribution in [0.2, 0.25) is 0 Å². The van der Waals surface area contributed by atoms with Crippen molar-refractivity contribution in [3.63, 3.8) is 0 Å². The maximum absolute atomic E-state index is 4.55. The van der Waals surface area contributed by atoms with Gasteiger partial charge in [0.1, 0.15) is 5.82 Å². The third-order valence-corrected chi connectivity index (χ3v) is 4.25. The number of hydrogen-bond acceptors (Lipinski definition) is 5. The monoisotopic (exact) mass is 280 g/mol. The number of thioether (sulfide) groups is 1. The zero-order valence-electron chi connectivity index (χ0n) is 12.1. The lowest BCUT2D eigenvalue weighted by Gasteiger charge is -2.31. The molecule has 0 radical (unpaired) electrons. The third kappa shape index (κ3) is 4.66. The highest BCUT2D eigenvalue weighted by atomic mass is 32.2. The highest BCUT2D eigenvalue weighted by molar-refractivity contribution is 8.00. The number of hydrogen-bond donors (Lipinski definition) is 1. The lowest BCUT2D eigenvalue weighted by atomic mass is 10.2. The van der Waals surface area contributed by atoms with Crippen LogP contribution in [0.5, 0.6) is 0 Å². The average Bonchev–Trinajstić information content (AvgIpc) is 2.39. The minimum absolute atomic E-state index is 0.666. The minimum Gasteiger partial charge on any atom is -0.353 e. The van der Waals surface area contributed by atoms with Gasteiger partial charge in [0.15, 0.2) is 0 Å². The highest BCUT2D eigenvalue weighted by Gasteiger charge is 2.17. The van der Waals surface area contributed by atoms with E-state index in [1.807, 2.05) is 24.2 Å². The number of anilines is 1. The van der Waals surface area contributed by atoms with E-state index in [1.165, 1.54) is 5.75 Å². The molecule has 0 amide bonds. The number of nitrogens with zero attached hydrogens (tertiary/aromatic N) is 3. The molecule has 106 valence electrons. The van der Waals surface area contributed by atoms with Gasteiger partial charge in [0.25, 0.3) is 0 Å². The Morgan fingerprint density at radius 3 is 2.89 bits per heavy atom. The van der Waals surface area contributed by atoms with Crippen molar-refractivity contribution in [1.29, 1.82) is 0 Å². The van der Waals surface area contributed by atoms with Crippen molar-refractivity contribution in [2.75, 3.05) is 30.3 Å². The molecule has 1 saturated heterocycles. The number of aromatic nitrogens is 2. The summed E-state index contributed by atoms with van der Waals surface area (Å²) < 4.78 is 0. The topological polar surface area (TPSA) is 41.1 Å². The Hall–Kier alpha value is -0.810. The molecule has 0 spiro atoms. The highest BCUT2D eigenvalue weighted by Crippen LogP contribution is 2.21. The van der Waals surface area contributed by atoms with E-state index in [-0.39, 0.29) is 0 Å². The second-order valence-corrected chi connectivity index (χ2v) is 7.06. The maximum Gasteiger partial charge on any atom is 0.147 e. The van der Waals surface area contributed by atoms with Crippen molar-refractivity contribution >= 4 is 17.6 Å². The summed E-state index contributed by atoms with van der Waals surface area (Å²) >= 11 is 2.03. The summed E-state index contributed by atoms with van der Waals surface area (Å²) in [6.07, 6.45) is 3.81. The van der Waals surface area contributed by atoms with E-state index in [2.05, 4.69) is 41.0 Å². The Morgan fingerprint density at radius 1 is 1.42 bits per heavy atom. The van der Waals surface area contributed by atoms with Crippen LogP contribution in [-0.2, 0) is 6.54 Å². The fraction of sp³-hybridized carbons (Fsp3) is 0.714. The molecule has 1 aliphatic heterocycles. The van der Waals surface area contributed by atoms with Gasteiger partial charge in [-0.15, -0.1) is 0 Å². The fourth-order valence-corrected chi connectivity index (χ4v) is 3.13. The molecule has 1 aromatic heterocycles. The lowest BCUT2D eigenvalue weighted by molar-refractivity contribution is 0.547. The van der Waals surface area contributed by atoms with Gasteiger partial charge in [0.05, 0.1) is 18.1 Å². The average molecular weight is 280 g/mol. The molecule has 1 aromatic rings. The quantitative estimate of drug-likeness (QED) is 0.895. The zero-order valence-corrected chi connectivity index (χ0v) is 12.9. The molecule has 0 saturated carbocycles. The molecule has 5 heteroatoms. The fourth-order valence-electron chi connectivity index (χ4n) is 2.12. The van der Waals surface area contributed by atoms with E-state index >= 15 is 0 Å². The first kappa shape index (κ1) is 14.6. The SMILES string of the molecule is CC(C)CNCc1cnc(N2CCSC(C)C2)cn1. The number of rotatable bonds is 5. The maximum atomic E-state index is 4.55. The Labute approximate surface area is 120 Å². The van der Waals surface area contributed by atoms with E-state index in [1.54, 1.807) is 0 Å². The number of nitrogens with one attached hydrogen (secondary N) is 1. The molecule has 2 heterocycles. The zero-order chi connectivity index (χ0) is 13.7. The predicted molar refractivity (Wildman–Crippen MR) is 82.7 cm³/mol. The smallest absolute Gasteiger partial charge is 0.147 e. The molecular formula is C14H24N4S. The molecular weight excluding hydrogens is 256 g/mol. The minimum atomic E-state index is 0.666. The van der Waals surface area contributed by atoms with Crippen LogP contribution in [0.4, 0.5) is 5.82 Å². The summed E-state index contributed by atoms with van der Waals surface area (Å²) in [6, 6.07) is 0. The van der Waals surface area contributed by atoms with Crippen LogP contribution in [0, 0.1) is 5.92 Å². The van der Waals surface area contributed by atoms with Gasteiger partial charge in [-0.1, -0.05) is 20.8 Å². The Kier molecular flexibility index (Phi) is 5.45. The summed E-state index contributed by atoms with van der Waals surface area (Å²) in [4.78, 5) is 11.4. The second kappa shape index (κ2) is 7.10. The van der Waals surface area contributed by atoms with Gasteiger partial charge in [-0.25, -0.2) is 4.98 Å². The molecule has 1 aliphatic rings. The summed E-state index contributed by atoms with van der Waals surface area (Å²) in [5, 5.41) is 4.07. The molecule has 0 bridgehead atoms. The predicted octanol–water partition coefficient (Wildman–Crippen LogP) is 2.16. The van der Waals surface area contributed by atoms with Gasteiger partial charge >= 0.3 is 0 Å². The van der Waals surface area contributed by atoms with Gasteiger partial charge in [-0.3, -0.25) is 4.98 Å². The molecule has 0 aromatic carbocycles. The van der Waals surface area contributed by atoms with Crippen molar-refractivity contribution < 1.29 is 0 Å². The normalized spacial score (nSPS) is 20.0. The molecule has 2 rings (SSSR count). The second-order valence-electron chi connectivity index (χ2n) is 5.52. The van der Waals surface area contributed by atoms with Crippen molar-refractivity contribution in [1.82, 2.24) is 15.3 Å². The van der Waals surface area contributed by atoms with Crippen LogP contribution in [0.15, 0.2) is 12.4 Å². The molecule has 19 heavy (non-hydrogen) atoms. The van der Waals surface area contributed by atoms with Gasteiger partial charge in [-0.05, 0) is 12.5 Å². The van der Waals surface area contributed by atoms with Gasteiger partial charge in [0.2, 0.25) is 0 Å². The van der Waals surface area contributed by atoms with Crippen LogP contribution in [0.3, 0.4) is 0 Å². The van der Waals surface area contributed by atoms with Crippen LogP contribution in [-0.4, -0.2) is 40.6 Å². The Balaban J connectivity index is 1.87. The first-order valence-electron chi connectivity index (χ1n) is 7.03. The molecule has 1 atom stereocenters. The summed E-state index contributed by atoms with van der Waals surface area (Å²) in [7, 11) is 0. The molecule has 4 nitrogen and oxygen atoms in total. The van der Waals surface area contributed by atoms with E-state index in [0.29, 0.717) is 11.2 Å². The summed E-state index contributed by atoms with van der Waals surface area (Å²) in [5.74, 6) is 2.86. The summed E-state index contributed by atoms with van der Waals surface area (Å²) in [5.41, 5.74) is 1.02. The molecule has 1 N–H and O–H groups in total. The van der Waals surface area contributed by atoms with Crippen molar-refractivity contribution in [3.05, 3.63) is 18.1 Å². The van der Waals surface area contributed by atoms with E-state index in [4.69, 9.17) is 0 Å². The third-order valence-electron chi connectivity index (χ3n) is 3.12. The van der Waals surface area contributed by atoms with E-state index in [0.717, 1.165) is 37.7 Å². The Morgan fingerprint density at radius 2 is 2.26 bits per heavy atom.